The summed E-state index contributed by atoms with van der Waals surface area (Å²) in [5, 5.41) is 3.93. The fraction of sp³-hybridized carbons (Fsp3) is 0.636. The van der Waals surface area contributed by atoms with E-state index in [2.05, 4.69) is 46.5 Å². The summed E-state index contributed by atoms with van der Waals surface area (Å²) in [6.45, 7) is 23.1. The Bertz CT molecular complexity index is 656. The van der Waals surface area contributed by atoms with Crippen molar-refractivity contribution < 1.29 is 5.53 Å². The molecule has 0 aliphatic carbocycles. The second-order valence-corrected chi connectivity index (χ2v) is 8.74. The van der Waals surface area contributed by atoms with Crippen LogP contribution in [0, 0.1) is 25.0 Å². The molecule has 152 valence electrons. The van der Waals surface area contributed by atoms with Crippen LogP contribution < -0.4 is 10.4 Å². The minimum atomic E-state index is 0.428. The Labute approximate surface area is 175 Å². The van der Waals surface area contributed by atoms with Crippen molar-refractivity contribution in [1.82, 2.24) is 0 Å². The molecular formula is C22H34N5S+. The average molecular weight is 401 g/mol. The summed E-state index contributed by atoms with van der Waals surface area (Å²) in [4.78, 5) is 10.1. The van der Waals surface area contributed by atoms with Crippen LogP contribution in [-0.2, 0) is 0 Å². The first-order chi connectivity index (χ1) is 13.5. The number of nitrogens with two attached hydrogens (primary N) is 1. The van der Waals surface area contributed by atoms with Crippen molar-refractivity contribution in [3.8, 4) is 0 Å². The summed E-state index contributed by atoms with van der Waals surface area (Å²) < 4.78 is 0. The molecule has 0 amide bonds. The molecule has 1 atom stereocenters. The number of hydrogen-bond donors (Lipinski definition) is 1. The van der Waals surface area contributed by atoms with Crippen LogP contribution in [0.5, 0.6) is 0 Å². The molecule has 1 aromatic rings. The van der Waals surface area contributed by atoms with Crippen LogP contribution in [0.4, 0.5) is 11.4 Å². The normalized spacial score (nSPS) is 11.6. The van der Waals surface area contributed by atoms with Crippen molar-refractivity contribution in [2.45, 2.75) is 51.3 Å². The number of rotatable bonds is 14. The van der Waals surface area contributed by atoms with E-state index in [0.717, 1.165) is 33.9 Å². The second kappa shape index (κ2) is 14.0. The molecule has 0 heterocycles. The summed E-state index contributed by atoms with van der Waals surface area (Å²) in [6, 6.07) is 6.03. The highest BCUT2D eigenvalue weighted by Gasteiger charge is 2.13. The largest absolute Gasteiger partial charge is 0.357 e. The van der Waals surface area contributed by atoms with Crippen molar-refractivity contribution in [2.24, 2.45) is 17.0 Å². The number of benzene rings is 1. The van der Waals surface area contributed by atoms with Crippen molar-refractivity contribution >= 4 is 23.1 Å². The van der Waals surface area contributed by atoms with Crippen LogP contribution in [-0.4, -0.2) is 31.9 Å². The maximum Gasteiger partial charge on any atom is 0.231 e. The third kappa shape index (κ3) is 9.24. The van der Waals surface area contributed by atoms with E-state index in [9.17, 15) is 0 Å². The van der Waals surface area contributed by atoms with Crippen molar-refractivity contribution in [2.75, 3.05) is 36.8 Å². The van der Waals surface area contributed by atoms with Crippen molar-refractivity contribution in [1.29, 1.82) is 0 Å². The van der Waals surface area contributed by atoms with Gasteiger partial charge in [-0.15, -0.1) is 11.8 Å². The first-order valence-electron chi connectivity index (χ1n) is 10.1. The van der Waals surface area contributed by atoms with E-state index in [4.69, 9.17) is 18.7 Å². The topological polar surface area (TPSA) is 49.9 Å². The maximum atomic E-state index is 7.05. The molecule has 1 unspecified atom stereocenters. The van der Waals surface area contributed by atoms with Crippen LogP contribution in [0.1, 0.15) is 46.5 Å². The molecule has 0 spiro atoms. The lowest BCUT2D eigenvalue weighted by atomic mass is 9.98. The van der Waals surface area contributed by atoms with E-state index in [1.165, 1.54) is 25.7 Å². The molecular weight excluding hydrogens is 366 g/mol. The Balaban J connectivity index is 2.71. The molecule has 2 N–H and O–H groups in total. The minimum absolute atomic E-state index is 0.428. The lowest BCUT2D eigenvalue weighted by Crippen LogP contribution is -2.28. The lowest BCUT2D eigenvalue weighted by Gasteiger charge is -2.21. The highest BCUT2D eigenvalue weighted by molar-refractivity contribution is 7.99. The molecule has 0 saturated heterocycles. The molecule has 0 aliphatic rings. The van der Waals surface area contributed by atoms with Crippen molar-refractivity contribution in [3.05, 3.63) is 41.0 Å². The predicted molar refractivity (Wildman–Crippen MR) is 119 cm³/mol. The van der Waals surface area contributed by atoms with Gasteiger partial charge < -0.3 is 14.6 Å². The number of hydrogen-bond acceptors (Lipinski definition) is 3. The third-order valence-electron chi connectivity index (χ3n) is 4.76. The molecule has 28 heavy (non-hydrogen) atoms. The van der Waals surface area contributed by atoms with E-state index in [1.54, 1.807) is 11.8 Å². The van der Waals surface area contributed by atoms with Gasteiger partial charge >= 0.3 is 0 Å². The Kier molecular flexibility index (Phi) is 12.0. The molecule has 0 aromatic heterocycles. The summed E-state index contributed by atoms with van der Waals surface area (Å²) in [7, 11) is 0. The Morgan fingerprint density at radius 1 is 1.07 bits per heavy atom. The Hall–Kier alpha value is -2.05. The van der Waals surface area contributed by atoms with Gasteiger partial charge in [0.15, 0.2) is 0 Å². The molecule has 1 rings (SSSR count). The van der Waals surface area contributed by atoms with Gasteiger partial charge in [-0.3, -0.25) is 0 Å². The van der Waals surface area contributed by atoms with Gasteiger partial charge in [-0.1, -0.05) is 40.0 Å². The van der Waals surface area contributed by atoms with Crippen LogP contribution in [0.2, 0.25) is 0 Å². The fourth-order valence-electron chi connectivity index (χ4n) is 3.02. The molecule has 5 nitrogen and oxygen atoms in total. The zero-order chi connectivity index (χ0) is 20.8. The van der Waals surface area contributed by atoms with E-state index in [-0.39, 0.29) is 0 Å². The maximum absolute atomic E-state index is 7.05. The van der Waals surface area contributed by atoms with Crippen LogP contribution in [0.15, 0.2) is 28.2 Å². The molecule has 0 radical (unpaired) electrons. The molecule has 0 aliphatic heterocycles. The highest BCUT2D eigenvalue weighted by atomic mass is 32.2. The third-order valence-corrected chi connectivity index (χ3v) is 5.84. The predicted octanol–water partition coefficient (Wildman–Crippen LogP) is 5.12. The summed E-state index contributed by atoms with van der Waals surface area (Å²) >= 11 is 1.80. The van der Waals surface area contributed by atoms with Gasteiger partial charge in [0.25, 0.3) is 0 Å². The SMILES string of the molecule is [C-]#[N+]CCN(CC[N+]#[C-])c1ccc(N=[NH2+])c(SCCC(C)CCCC(C)C)c1. The monoisotopic (exact) mass is 400 g/mol. The van der Waals surface area contributed by atoms with Gasteiger partial charge in [-0.2, -0.15) is 5.53 Å². The standard InChI is InChI=1S/C22H33N5S/c1-18(2)7-6-8-19(3)11-16-28-22-17-20(9-10-21(22)26-23)27(14-12-24-4)15-13-25-5/h9-10,17-19,23H,6-8,11-16H2,1-3H3/p+1. The Morgan fingerprint density at radius 3 is 2.32 bits per heavy atom. The molecule has 6 heteroatoms. The Morgan fingerprint density at radius 2 is 1.75 bits per heavy atom. The van der Waals surface area contributed by atoms with Gasteiger partial charge in [0.05, 0.1) is 13.1 Å². The van der Waals surface area contributed by atoms with Crippen LogP contribution in [0.25, 0.3) is 9.69 Å². The van der Waals surface area contributed by atoms with Gasteiger partial charge in [0.1, 0.15) is 5.69 Å². The van der Waals surface area contributed by atoms with Gasteiger partial charge in [-0.25, -0.2) is 13.1 Å². The quantitative estimate of drug-likeness (QED) is 0.268. The molecule has 0 saturated carbocycles. The molecule has 0 bridgehead atoms. The van der Waals surface area contributed by atoms with E-state index < -0.39 is 0 Å². The van der Waals surface area contributed by atoms with Gasteiger partial charge in [0, 0.05) is 10.6 Å². The van der Waals surface area contributed by atoms with Crippen LogP contribution in [0.3, 0.4) is 0 Å². The average Bonchev–Trinajstić information content (AvgIpc) is 2.68. The highest BCUT2D eigenvalue weighted by Crippen LogP contribution is 2.34. The zero-order valence-corrected chi connectivity index (χ0v) is 18.3. The van der Waals surface area contributed by atoms with Gasteiger partial charge in [-0.05, 0) is 47.3 Å². The van der Waals surface area contributed by atoms with E-state index in [1.807, 2.05) is 12.1 Å². The lowest BCUT2D eigenvalue weighted by molar-refractivity contribution is -0.210. The molecule has 1 aromatic carbocycles. The zero-order valence-electron chi connectivity index (χ0n) is 17.5. The fourth-order valence-corrected chi connectivity index (χ4v) is 4.24. The van der Waals surface area contributed by atoms with Crippen molar-refractivity contribution in [3.63, 3.8) is 0 Å². The molecule has 0 fully saturated rings. The number of anilines is 1. The smallest absolute Gasteiger partial charge is 0.231 e. The minimum Gasteiger partial charge on any atom is -0.357 e. The van der Waals surface area contributed by atoms with Gasteiger partial charge in [0.2, 0.25) is 13.1 Å². The van der Waals surface area contributed by atoms with Crippen LogP contribution >= 0.6 is 11.8 Å². The summed E-state index contributed by atoms with van der Waals surface area (Å²) in [5.74, 6) is 2.55. The van der Waals surface area contributed by atoms with E-state index >= 15 is 0 Å². The number of nitrogens with zero attached hydrogens (tertiary/aromatic N) is 4. The number of thioether (sulfide) groups is 1. The summed E-state index contributed by atoms with van der Waals surface area (Å²) in [5.41, 5.74) is 7.42. The van der Waals surface area contributed by atoms with E-state index in [0.29, 0.717) is 26.2 Å². The second-order valence-electron chi connectivity index (χ2n) is 7.60. The first-order valence-corrected chi connectivity index (χ1v) is 11.1. The first kappa shape index (κ1) is 24.0. The summed E-state index contributed by atoms with van der Waals surface area (Å²) in [6.07, 6.45) is 5.07.